The van der Waals surface area contributed by atoms with Crippen molar-refractivity contribution in [3.63, 3.8) is 0 Å². The number of ether oxygens (including phenoxy) is 4. The Morgan fingerprint density at radius 3 is 2.57 bits per heavy atom. The summed E-state index contributed by atoms with van der Waals surface area (Å²) in [7, 11) is 0. The quantitative estimate of drug-likeness (QED) is 0.202. The van der Waals surface area contributed by atoms with Gasteiger partial charge in [-0.3, -0.25) is 4.98 Å². The Labute approximate surface area is 306 Å². The van der Waals surface area contributed by atoms with Crippen LogP contribution in [0.25, 0.3) is 5.69 Å². The van der Waals surface area contributed by atoms with E-state index < -0.39 is 54.5 Å². The molecule has 1 aliphatic carbocycles. The maximum absolute atomic E-state index is 14.5. The number of aliphatic carboxylic acids is 1. The number of nitrogens with zero attached hydrogens (tertiary/aromatic N) is 3. The summed E-state index contributed by atoms with van der Waals surface area (Å²) in [6, 6.07) is 3.05. The van der Waals surface area contributed by atoms with E-state index in [4.69, 9.17) is 14.6 Å². The third kappa shape index (κ3) is 7.94. The summed E-state index contributed by atoms with van der Waals surface area (Å²) in [5, 5.41) is 13.0. The molecule has 0 radical (unpaired) electrons. The van der Waals surface area contributed by atoms with E-state index in [1.165, 1.54) is 18.5 Å². The molecule has 1 aromatic carbocycles. The standard InChI is InChI=1S/C27H23F6N3O6.CH3.Cs/c1-13(25(37)38)6-14(2)40-20-5-3-4-18-23(20)36(35-24(18)26(29,30)31)16-8-17(11-34-10-16)39-12-15-7-21-22(9-19(15)28)42-27(32,33)41-21;;/h7-11,14,20H,1,3-6,12H2,2H3,(H,37,38);1H3;/q;-1;+1. The first-order valence-corrected chi connectivity index (χ1v) is 12.6. The second kappa shape index (κ2) is 14.0. The van der Waals surface area contributed by atoms with Crippen molar-refractivity contribution in [1.82, 2.24) is 14.8 Å². The number of carboxylic acids is 1. The minimum Gasteiger partial charge on any atom is -0.487 e. The van der Waals surface area contributed by atoms with Crippen LogP contribution in [0.1, 0.15) is 54.8 Å². The fourth-order valence-corrected chi connectivity index (χ4v) is 4.85. The van der Waals surface area contributed by atoms with Gasteiger partial charge in [-0.15, -0.1) is 8.78 Å². The SMILES string of the molecule is C=C(CC(C)OC1CCCc2c(C(F)(F)F)nn(-c3cncc(OCc4cc5c(cc4F)OC(F)(F)O5)c3)c21)C(=O)O.[CH3-].[Cs+]. The summed E-state index contributed by atoms with van der Waals surface area (Å²) in [5.74, 6) is -2.96. The number of hydrogen-bond acceptors (Lipinski definition) is 7. The van der Waals surface area contributed by atoms with E-state index in [0.717, 1.165) is 16.8 Å². The fourth-order valence-electron chi connectivity index (χ4n) is 4.85. The van der Waals surface area contributed by atoms with E-state index in [1.54, 1.807) is 6.92 Å². The van der Waals surface area contributed by atoms with Crippen LogP contribution in [0.4, 0.5) is 26.3 Å². The summed E-state index contributed by atoms with van der Waals surface area (Å²) in [5.41, 5.74) is -1.16. The molecule has 232 valence electrons. The van der Waals surface area contributed by atoms with E-state index in [0.29, 0.717) is 12.8 Å². The molecule has 3 heterocycles. The fraction of sp³-hybridized carbons (Fsp3) is 0.357. The largest absolute Gasteiger partial charge is 1.00 e. The Kier molecular flexibility index (Phi) is 11.6. The van der Waals surface area contributed by atoms with E-state index in [2.05, 4.69) is 26.1 Å². The van der Waals surface area contributed by atoms with Gasteiger partial charge in [0.15, 0.2) is 17.2 Å². The zero-order valence-corrected chi connectivity index (χ0v) is 30.2. The van der Waals surface area contributed by atoms with Crippen LogP contribution in [-0.2, 0) is 28.7 Å². The number of alkyl halides is 5. The number of carboxylic acid groups (broad SMARTS) is 1. The van der Waals surface area contributed by atoms with Gasteiger partial charge >= 0.3 is 87.3 Å². The third-order valence-electron chi connectivity index (χ3n) is 6.63. The molecule has 1 aliphatic heterocycles. The van der Waals surface area contributed by atoms with Gasteiger partial charge in [-0.05, 0) is 32.3 Å². The summed E-state index contributed by atoms with van der Waals surface area (Å²) in [4.78, 5) is 15.2. The van der Waals surface area contributed by atoms with Gasteiger partial charge in [-0.25, -0.2) is 13.9 Å². The van der Waals surface area contributed by atoms with Crippen LogP contribution in [0.5, 0.6) is 17.2 Å². The van der Waals surface area contributed by atoms with Gasteiger partial charge < -0.3 is 31.5 Å². The zero-order chi connectivity index (χ0) is 30.4. The Morgan fingerprint density at radius 2 is 1.91 bits per heavy atom. The first-order valence-electron chi connectivity index (χ1n) is 12.6. The van der Waals surface area contributed by atoms with Crippen molar-refractivity contribution < 1.29 is 124 Å². The van der Waals surface area contributed by atoms with Crippen LogP contribution in [0.15, 0.2) is 42.7 Å². The molecule has 2 aromatic heterocycles. The molecule has 9 nitrogen and oxygen atoms in total. The van der Waals surface area contributed by atoms with E-state index >= 15 is 0 Å². The molecule has 44 heavy (non-hydrogen) atoms. The maximum atomic E-state index is 14.5. The Morgan fingerprint density at radius 1 is 1.23 bits per heavy atom. The van der Waals surface area contributed by atoms with Gasteiger partial charge in [0.25, 0.3) is 0 Å². The van der Waals surface area contributed by atoms with Crippen molar-refractivity contribution in [2.45, 2.75) is 63.9 Å². The molecule has 2 atom stereocenters. The summed E-state index contributed by atoms with van der Waals surface area (Å²) in [6.07, 6.45) is -6.96. The van der Waals surface area contributed by atoms with Gasteiger partial charge in [0.1, 0.15) is 24.3 Å². The molecule has 5 rings (SSSR count). The number of aromatic nitrogens is 3. The van der Waals surface area contributed by atoms with Gasteiger partial charge in [0.05, 0.1) is 29.9 Å². The summed E-state index contributed by atoms with van der Waals surface area (Å²) >= 11 is 0. The van der Waals surface area contributed by atoms with Gasteiger partial charge in [-0.2, -0.15) is 18.3 Å². The third-order valence-corrected chi connectivity index (χ3v) is 6.63. The van der Waals surface area contributed by atoms with E-state index in [1.807, 2.05) is 0 Å². The zero-order valence-electron chi connectivity index (χ0n) is 23.9. The van der Waals surface area contributed by atoms with Crippen LogP contribution in [0, 0.1) is 13.2 Å². The molecule has 3 aromatic rings. The second-order valence-electron chi connectivity index (χ2n) is 9.79. The molecule has 1 N–H and O–H groups in total. The topological polar surface area (TPSA) is 105 Å². The van der Waals surface area contributed by atoms with Crippen molar-refractivity contribution in [1.29, 1.82) is 0 Å². The minimum atomic E-state index is -4.77. The average molecular weight is 747 g/mol. The number of rotatable bonds is 9. The van der Waals surface area contributed by atoms with Crippen molar-refractivity contribution in [3.05, 3.63) is 78.5 Å². The summed E-state index contributed by atoms with van der Waals surface area (Å²) < 4.78 is 104. The van der Waals surface area contributed by atoms with Gasteiger partial charge in [-0.1, -0.05) is 6.58 Å². The van der Waals surface area contributed by atoms with Crippen LogP contribution >= 0.6 is 0 Å². The second-order valence-corrected chi connectivity index (χ2v) is 9.79. The first kappa shape index (κ1) is 36.3. The van der Waals surface area contributed by atoms with Crippen molar-refractivity contribution in [2.24, 2.45) is 0 Å². The normalized spacial score (nSPS) is 17.1. The predicted octanol–water partition coefficient (Wildman–Crippen LogP) is 3.59. The number of benzene rings is 1. The molecule has 0 spiro atoms. The monoisotopic (exact) mass is 747 g/mol. The van der Waals surface area contributed by atoms with Crippen LogP contribution in [0.3, 0.4) is 0 Å². The number of fused-ring (bicyclic) bond motifs is 2. The maximum Gasteiger partial charge on any atom is 1.00 e. The minimum absolute atomic E-state index is 0. The molecule has 0 amide bonds. The van der Waals surface area contributed by atoms with E-state index in [-0.39, 0.29) is 129 Å². The Bertz CT molecular complexity index is 1550. The summed E-state index contributed by atoms with van der Waals surface area (Å²) in [6.45, 7) is 4.61. The molecule has 2 aliphatic rings. The van der Waals surface area contributed by atoms with Crippen molar-refractivity contribution in [3.8, 4) is 22.9 Å². The van der Waals surface area contributed by atoms with Crippen LogP contribution < -0.4 is 83.1 Å². The van der Waals surface area contributed by atoms with Crippen molar-refractivity contribution in [2.75, 3.05) is 0 Å². The number of halogens is 6. The van der Waals surface area contributed by atoms with E-state index in [9.17, 15) is 31.1 Å². The Hall–Kier alpha value is -2.22. The Balaban J connectivity index is 0.00000264. The molecule has 0 saturated carbocycles. The molecular formula is C28H26CsF6N3O6. The molecule has 0 fully saturated rings. The molecule has 0 bridgehead atoms. The number of hydrogen-bond donors (Lipinski definition) is 1. The molecule has 0 saturated heterocycles. The molecule has 16 heteroatoms. The average Bonchev–Trinajstić information content (AvgIpc) is 3.44. The van der Waals surface area contributed by atoms with Crippen molar-refractivity contribution >= 4 is 5.97 Å². The predicted molar refractivity (Wildman–Crippen MR) is 137 cm³/mol. The number of pyridine rings is 1. The molecular weight excluding hydrogens is 721 g/mol. The van der Waals surface area contributed by atoms with Gasteiger partial charge in [0.2, 0.25) is 0 Å². The van der Waals surface area contributed by atoms with Crippen LogP contribution in [-0.4, -0.2) is 38.2 Å². The van der Waals surface area contributed by atoms with Crippen LogP contribution in [0.2, 0.25) is 0 Å². The van der Waals surface area contributed by atoms with Gasteiger partial charge in [0, 0.05) is 35.3 Å². The first-order chi connectivity index (χ1) is 19.7. The number of carbonyl (C=O) groups is 1. The smallest absolute Gasteiger partial charge is 0.487 e. The molecule has 2 unspecified atom stereocenters.